The number of fused-ring (bicyclic) bond motifs is 5. The van der Waals surface area contributed by atoms with E-state index < -0.39 is 0 Å². The average Bonchev–Trinajstić information content (AvgIpc) is 3.78. The highest BCUT2D eigenvalue weighted by Crippen LogP contribution is 2.41. The first-order valence-electron chi connectivity index (χ1n) is 16.6. The van der Waals surface area contributed by atoms with E-state index >= 15 is 0 Å². The zero-order valence-electron chi connectivity index (χ0n) is 26.7. The summed E-state index contributed by atoms with van der Waals surface area (Å²) >= 11 is 1.74. The van der Waals surface area contributed by atoms with Crippen molar-refractivity contribution >= 4 is 54.1 Å². The zero-order chi connectivity index (χ0) is 33.0. The molecule has 10 rings (SSSR count). The SMILES string of the molecule is c1ccc(-c2nc(-c3ccccc3)nc(-c3ccc4ccc(-n5c6ccccc6c6cccc(-c7nc8ccccc8s7)c65)cc4c3)n2)cc1. The molecule has 5 nitrogen and oxygen atoms in total. The third-order valence-corrected chi connectivity index (χ3v) is 10.3. The molecule has 0 N–H and O–H groups in total. The fourth-order valence-electron chi connectivity index (χ4n) is 6.90. The Kier molecular flexibility index (Phi) is 6.60. The van der Waals surface area contributed by atoms with Crippen molar-refractivity contribution in [3.63, 3.8) is 0 Å². The predicted octanol–water partition coefficient (Wildman–Crippen LogP) is 11.4. The van der Waals surface area contributed by atoms with Crippen molar-refractivity contribution in [3.8, 4) is 50.4 Å². The van der Waals surface area contributed by atoms with E-state index in [0.29, 0.717) is 17.5 Å². The van der Waals surface area contributed by atoms with E-state index in [0.717, 1.165) is 60.3 Å². The molecule has 0 fully saturated rings. The molecule has 234 valence electrons. The maximum atomic E-state index is 5.08. The Labute approximate surface area is 291 Å². The number of para-hydroxylation sites is 3. The van der Waals surface area contributed by atoms with Crippen LogP contribution in [0.5, 0.6) is 0 Å². The Morgan fingerprint density at radius 1 is 0.440 bits per heavy atom. The molecule has 0 aliphatic carbocycles. The molecule has 6 heteroatoms. The van der Waals surface area contributed by atoms with Gasteiger partial charge in [-0.15, -0.1) is 11.3 Å². The summed E-state index contributed by atoms with van der Waals surface area (Å²) in [5.74, 6) is 1.94. The molecule has 0 unspecified atom stereocenters. The van der Waals surface area contributed by atoms with Crippen LogP contribution in [0.4, 0.5) is 0 Å². The fraction of sp³-hybridized carbons (Fsp3) is 0. The second kappa shape index (κ2) is 11.6. The molecule has 0 saturated heterocycles. The topological polar surface area (TPSA) is 56.5 Å². The lowest BCUT2D eigenvalue weighted by Gasteiger charge is -2.12. The summed E-state index contributed by atoms with van der Waals surface area (Å²) in [6, 6.07) is 56.9. The van der Waals surface area contributed by atoms with E-state index in [-0.39, 0.29) is 0 Å². The van der Waals surface area contributed by atoms with Gasteiger partial charge in [0.05, 0.1) is 21.3 Å². The first-order chi connectivity index (χ1) is 24.8. The first kappa shape index (κ1) is 28.5. The number of hydrogen-bond donors (Lipinski definition) is 0. The van der Waals surface area contributed by atoms with Crippen LogP contribution in [0.2, 0.25) is 0 Å². The van der Waals surface area contributed by atoms with Gasteiger partial charge in [-0.05, 0) is 53.2 Å². The summed E-state index contributed by atoms with van der Waals surface area (Å²) in [5.41, 5.74) is 8.38. The van der Waals surface area contributed by atoms with Crippen molar-refractivity contribution in [2.45, 2.75) is 0 Å². The molecule has 0 atom stereocenters. The Morgan fingerprint density at radius 3 is 1.84 bits per heavy atom. The molecule has 0 aliphatic rings. The van der Waals surface area contributed by atoms with Gasteiger partial charge in [0.25, 0.3) is 0 Å². The van der Waals surface area contributed by atoms with Crippen LogP contribution in [-0.4, -0.2) is 24.5 Å². The molecular formula is C44H27N5S. The quantitative estimate of drug-likeness (QED) is 0.185. The van der Waals surface area contributed by atoms with Crippen molar-refractivity contribution in [1.82, 2.24) is 24.5 Å². The minimum atomic E-state index is 0.639. The summed E-state index contributed by atoms with van der Waals surface area (Å²) < 4.78 is 3.58. The molecule has 7 aromatic carbocycles. The number of benzene rings is 7. The summed E-state index contributed by atoms with van der Waals surface area (Å²) in [4.78, 5) is 19.9. The van der Waals surface area contributed by atoms with Crippen LogP contribution >= 0.6 is 11.3 Å². The van der Waals surface area contributed by atoms with Gasteiger partial charge in [0.1, 0.15) is 5.01 Å². The molecule has 0 amide bonds. The van der Waals surface area contributed by atoms with Crippen molar-refractivity contribution < 1.29 is 0 Å². The highest BCUT2D eigenvalue weighted by atomic mass is 32.1. The average molecular weight is 658 g/mol. The number of nitrogens with zero attached hydrogens (tertiary/aromatic N) is 5. The van der Waals surface area contributed by atoms with E-state index in [9.17, 15) is 0 Å². The number of hydrogen-bond acceptors (Lipinski definition) is 5. The summed E-state index contributed by atoms with van der Waals surface area (Å²) in [6.07, 6.45) is 0. The minimum Gasteiger partial charge on any atom is -0.309 e. The van der Waals surface area contributed by atoms with E-state index in [1.165, 1.54) is 15.5 Å². The molecule has 0 aliphatic heterocycles. The number of aromatic nitrogens is 5. The van der Waals surface area contributed by atoms with Crippen molar-refractivity contribution in [2.24, 2.45) is 0 Å². The lowest BCUT2D eigenvalue weighted by atomic mass is 10.0. The van der Waals surface area contributed by atoms with Crippen LogP contribution in [0.15, 0.2) is 164 Å². The van der Waals surface area contributed by atoms with Crippen molar-refractivity contribution in [3.05, 3.63) is 164 Å². The van der Waals surface area contributed by atoms with Crippen LogP contribution in [-0.2, 0) is 0 Å². The lowest BCUT2D eigenvalue weighted by Crippen LogP contribution is -2.00. The molecule has 50 heavy (non-hydrogen) atoms. The Balaban J connectivity index is 1.17. The van der Waals surface area contributed by atoms with Crippen molar-refractivity contribution in [2.75, 3.05) is 0 Å². The second-order valence-electron chi connectivity index (χ2n) is 12.3. The Morgan fingerprint density at radius 2 is 1.08 bits per heavy atom. The minimum absolute atomic E-state index is 0.639. The number of rotatable bonds is 5. The van der Waals surface area contributed by atoms with Gasteiger partial charge in [-0.2, -0.15) is 0 Å². The van der Waals surface area contributed by atoms with Gasteiger partial charge in [-0.1, -0.05) is 121 Å². The standard InChI is InChI=1S/C44H27N5S/c1-3-12-29(13-4-1)41-46-42(30-14-5-2-6-15-30)48-43(47-41)31-23-22-28-24-25-33(27-32(28)26-31)49-38-20-9-7-16-34(38)35-17-11-18-36(40(35)49)44-45-37-19-8-10-21-39(37)50-44/h1-27H. The van der Waals surface area contributed by atoms with Crippen LogP contribution in [0.25, 0.3) is 93.2 Å². The van der Waals surface area contributed by atoms with Gasteiger partial charge in [0, 0.05) is 38.7 Å². The van der Waals surface area contributed by atoms with Crippen LogP contribution in [0, 0.1) is 0 Å². The normalized spacial score (nSPS) is 11.6. The van der Waals surface area contributed by atoms with E-state index in [2.05, 4.69) is 108 Å². The van der Waals surface area contributed by atoms with E-state index in [4.69, 9.17) is 19.9 Å². The van der Waals surface area contributed by atoms with Gasteiger partial charge in [-0.3, -0.25) is 0 Å². The monoisotopic (exact) mass is 657 g/mol. The maximum absolute atomic E-state index is 5.08. The first-order valence-corrected chi connectivity index (χ1v) is 17.4. The van der Waals surface area contributed by atoms with Gasteiger partial charge in [-0.25, -0.2) is 19.9 Å². The molecule has 3 aromatic heterocycles. The Hall–Kier alpha value is -6.50. The molecule has 0 bridgehead atoms. The molecule has 3 heterocycles. The third-order valence-electron chi connectivity index (χ3n) is 9.26. The van der Waals surface area contributed by atoms with Gasteiger partial charge >= 0.3 is 0 Å². The summed E-state index contributed by atoms with van der Waals surface area (Å²) in [7, 11) is 0. The highest BCUT2D eigenvalue weighted by Gasteiger charge is 2.19. The summed E-state index contributed by atoms with van der Waals surface area (Å²) in [5, 5.41) is 5.68. The van der Waals surface area contributed by atoms with Gasteiger partial charge in [0.15, 0.2) is 17.5 Å². The third kappa shape index (κ3) is 4.77. The van der Waals surface area contributed by atoms with Crippen LogP contribution in [0.1, 0.15) is 0 Å². The van der Waals surface area contributed by atoms with E-state index in [1.54, 1.807) is 11.3 Å². The fourth-order valence-corrected chi connectivity index (χ4v) is 7.89. The maximum Gasteiger partial charge on any atom is 0.164 e. The largest absolute Gasteiger partial charge is 0.309 e. The lowest BCUT2D eigenvalue weighted by molar-refractivity contribution is 1.07. The molecule has 0 saturated carbocycles. The van der Waals surface area contributed by atoms with Gasteiger partial charge in [0.2, 0.25) is 0 Å². The van der Waals surface area contributed by atoms with Crippen LogP contribution in [0.3, 0.4) is 0 Å². The van der Waals surface area contributed by atoms with Crippen LogP contribution < -0.4 is 0 Å². The predicted molar refractivity (Wildman–Crippen MR) is 207 cm³/mol. The van der Waals surface area contributed by atoms with Crippen molar-refractivity contribution in [1.29, 1.82) is 0 Å². The van der Waals surface area contributed by atoms with E-state index in [1.807, 2.05) is 60.7 Å². The molecule has 0 radical (unpaired) electrons. The summed E-state index contributed by atoms with van der Waals surface area (Å²) in [6.45, 7) is 0. The second-order valence-corrected chi connectivity index (χ2v) is 13.4. The highest BCUT2D eigenvalue weighted by molar-refractivity contribution is 7.21. The van der Waals surface area contributed by atoms with Gasteiger partial charge < -0.3 is 4.57 Å². The zero-order valence-corrected chi connectivity index (χ0v) is 27.5. The number of thiazole rings is 1. The Bertz CT molecular complexity index is 2780. The smallest absolute Gasteiger partial charge is 0.164 e. The molecule has 0 spiro atoms. The molecular weight excluding hydrogens is 631 g/mol. The molecule has 10 aromatic rings.